The fourth-order valence-electron chi connectivity index (χ4n) is 1.73. The molecule has 0 spiro atoms. The zero-order chi connectivity index (χ0) is 11.7. The van der Waals surface area contributed by atoms with Crippen LogP contribution in [0.25, 0.3) is 0 Å². The molecule has 0 aliphatic carbocycles. The zero-order valence-corrected chi connectivity index (χ0v) is 7.85. The third kappa shape index (κ3) is 2.06. The Balaban J connectivity index is 2.84. The standard InChI is InChI=1S/C8H11F4NO2/c9-2-4-13-3-1-7(5-13,6(14)15)8(10,11)12/h1-5H2,(H,14,15). The molecule has 0 aromatic heterocycles. The average molecular weight is 229 g/mol. The highest BCUT2D eigenvalue weighted by Crippen LogP contribution is 2.45. The van der Waals surface area contributed by atoms with Gasteiger partial charge in [-0.3, -0.25) is 9.69 Å². The number of halogens is 4. The molecule has 1 N–H and O–H groups in total. The first-order valence-electron chi connectivity index (χ1n) is 4.42. The van der Waals surface area contributed by atoms with Gasteiger partial charge in [0.15, 0.2) is 5.41 Å². The Labute approximate surface area is 83.7 Å². The molecule has 0 saturated carbocycles. The molecule has 1 atom stereocenters. The van der Waals surface area contributed by atoms with Crippen LogP contribution in [0.2, 0.25) is 0 Å². The fourth-order valence-corrected chi connectivity index (χ4v) is 1.73. The molecule has 0 aromatic carbocycles. The number of hydrogen-bond acceptors (Lipinski definition) is 2. The smallest absolute Gasteiger partial charge is 0.406 e. The number of hydrogen-bond donors (Lipinski definition) is 1. The molecule has 0 radical (unpaired) electrons. The first-order chi connectivity index (χ1) is 6.83. The molecule has 88 valence electrons. The minimum atomic E-state index is -4.79. The van der Waals surface area contributed by atoms with Crippen molar-refractivity contribution in [3.63, 3.8) is 0 Å². The molecular formula is C8H11F4NO2. The summed E-state index contributed by atoms with van der Waals surface area (Å²) in [7, 11) is 0. The minimum absolute atomic E-state index is 0.0320. The molecule has 15 heavy (non-hydrogen) atoms. The van der Waals surface area contributed by atoms with E-state index in [0.717, 1.165) is 0 Å². The lowest BCUT2D eigenvalue weighted by Crippen LogP contribution is -2.47. The van der Waals surface area contributed by atoms with Crippen molar-refractivity contribution in [3.8, 4) is 0 Å². The molecule has 3 nitrogen and oxygen atoms in total. The van der Waals surface area contributed by atoms with Crippen LogP contribution in [0.4, 0.5) is 17.6 Å². The van der Waals surface area contributed by atoms with Crippen molar-refractivity contribution in [2.24, 2.45) is 5.41 Å². The highest BCUT2D eigenvalue weighted by atomic mass is 19.4. The van der Waals surface area contributed by atoms with Crippen molar-refractivity contribution in [2.75, 3.05) is 26.3 Å². The van der Waals surface area contributed by atoms with Crippen LogP contribution in [0.3, 0.4) is 0 Å². The molecule has 0 bridgehead atoms. The van der Waals surface area contributed by atoms with Crippen LogP contribution in [0.1, 0.15) is 6.42 Å². The summed E-state index contributed by atoms with van der Waals surface area (Å²) in [6.45, 7) is -1.61. The van der Waals surface area contributed by atoms with Crippen LogP contribution in [-0.2, 0) is 4.79 Å². The van der Waals surface area contributed by atoms with E-state index in [2.05, 4.69) is 0 Å². The van der Waals surface area contributed by atoms with Gasteiger partial charge in [-0.05, 0) is 13.0 Å². The molecule has 1 saturated heterocycles. The van der Waals surface area contributed by atoms with Crippen LogP contribution >= 0.6 is 0 Å². The van der Waals surface area contributed by atoms with E-state index in [1.165, 1.54) is 4.90 Å². The van der Waals surface area contributed by atoms with Gasteiger partial charge in [-0.15, -0.1) is 0 Å². The number of carbonyl (C=O) groups is 1. The average Bonchev–Trinajstić information content (AvgIpc) is 2.49. The Morgan fingerprint density at radius 1 is 1.47 bits per heavy atom. The Morgan fingerprint density at radius 3 is 2.40 bits per heavy atom. The number of rotatable bonds is 3. The van der Waals surface area contributed by atoms with E-state index in [-0.39, 0.29) is 13.1 Å². The fraction of sp³-hybridized carbons (Fsp3) is 0.875. The van der Waals surface area contributed by atoms with Crippen LogP contribution in [0, 0.1) is 5.41 Å². The summed E-state index contributed by atoms with van der Waals surface area (Å²) in [4.78, 5) is 11.9. The van der Waals surface area contributed by atoms with Gasteiger partial charge in [0.2, 0.25) is 0 Å². The highest BCUT2D eigenvalue weighted by Gasteiger charge is 2.63. The van der Waals surface area contributed by atoms with Crippen molar-refractivity contribution >= 4 is 5.97 Å². The Hall–Kier alpha value is -0.850. The van der Waals surface area contributed by atoms with E-state index in [1.807, 2.05) is 0 Å². The predicted octanol–water partition coefficient (Wildman–Crippen LogP) is 1.29. The maximum absolute atomic E-state index is 12.6. The summed E-state index contributed by atoms with van der Waals surface area (Å²) in [5.74, 6) is -1.88. The van der Waals surface area contributed by atoms with Crippen LogP contribution in [0.15, 0.2) is 0 Å². The normalized spacial score (nSPS) is 28.3. The summed E-state index contributed by atoms with van der Waals surface area (Å²) < 4.78 is 49.7. The molecule has 1 heterocycles. The number of aliphatic carboxylic acids is 1. The van der Waals surface area contributed by atoms with Gasteiger partial charge in [-0.25, -0.2) is 4.39 Å². The van der Waals surface area contributed by atoms with E-state index >= 15 is 0 Å². The number of carboxylic acids is 1. The van der Waals surface area contributed by atoms with Crippen molar-refractivity contribution in [1.29, 1.82) is 0 Å². The SMILES string of the molecule is O=C(O)C1(C(F)(F)F)CCN(CCF)C1. The summed E-state index contributed by atoms with van der Waals surface area (Å²) in [5.41, 5.74) is -2.72. The lowest BCUT2D eigenvalue weighted by atomic mass is 9.86. The molecule has 1 aliphatic heterocycles. The number of nitrogens with zero attached hydrogens (tertiary/aromatic N) is 1. The summed E-state index contributed by atoms with van der Waals surface area (Å²) >= 11 is 0. The molecular weight excluding hydrogens is 218 g/mol. The molecule has 1 aliphatic rings. The molecule has 1 rings (SSSR count). The lowest BCUT2D eigenvalue weighted by molar-refractivity contribution is -0.227. The van der Waals surface area contributed by atoms with E-state index in [9.17, 15) is 22.4 Å². The van der Waals surface area contributed by atoms with Crippen molar-refractivity contribution in [1.82, 2.24) is 4.90 Å². The molecule has 1 unspecified atom stereocenters. The van der Waals surface area contributed by atoms with Gasteiger partial charge in [-0.2, -0.15) is 13.2 Å². The lowest BCUT2D eigenvalue weighted by Gasteiger charge is -2.27. The number of carboxylic acid groups (broad SMARTS) is 1. The Kier molecular flexibility index (Phi) is 3.22. The van der Waals surface area contributed by atoms with E-state index in [1.54, 1.807) is 0 Å². The Morgan fingerprint density at radius 2 is 2.07 bits per heavy atom. The predicted molar refractivity (Wildman–Crippen MR) is 43.2 cm³/mol. The van der Waals surface area contributed by atoms with Gasteiger partial charge in [0.25, 0.3) is 0 Å². The quantitative estimate of drug-likeness (QED) is 0.741. The largest absolute Gasteiger partial charge is 0.481 e. The van der Waals surface area contributed by atoms with Crippen molar-refractivity contribution < 1.29 is 27.5 Å². The van der Waals surface area contributed by atoms with Crippen LogP contribution in [0.5, 0.6) is 0 Å². The third-order valence-corrected chi connectivity index (χ3v) is 2.70. The van der Waals surface area contributed by atoms with Gasteiger partial charge in [-0.1, -0.05) is 0 Å². The Bertz CT molecular complexity index is 256. The summed E-state index contributed by atoms with van der Waals surface area (Å²) in [6.07, 6.45) is -5.30. The minimum Gasteiger partial charge on any atom is -0.481 e. The van der Waals surface area contributed by atoms with E-state index < -0.39 is 37.2 Å². The van der Waals surface area contributed by atoms with Gasteiger partial charge in [0.1, 0.15) is 6.67 Å². The zero-order valence-electron chi connectivity index (χ0n) is 7.85. The summed E-state index contributed by atoms with van der Waals surface area (Å²) in [5, 5.41) is 8.64. The summed E-state index contributed by atoms with van der Waals surface area (Å²) in [6, 6.07) is 0. The van der Waals surface area contributed by atoms with Gasteiger partial charge in [0.05, 0.1) is 0 Å². The van der Waals surface area contributed by atoms with Crippen molar-refractivity contribution in [3.05, 3.63) is 0 Å². The van der Waals surface area contributed by atoms with Crippen LogP contribution < -0.4 is 0 Å². The maximum atomic E-state index is 12.6. The second-order valence-electron chi connectivity index (χ2n) is 3.60. The second kappa shape index (κ2) is 3.96. The molecule has 0 amide bonds. The van der Waals surface area contributed by atoms with Gasteiger partial charge < -0.3 is 5.11 Å². The van der Waals surface area contributed by atoms with E-state index in [0.29, 0.717) is 0 Å². The first kappa shape index (κ1) is 12.2. The monoisotopic (exact) mass is 229 g/mol. The first-order valence-corrected chi connectivity index (χ1v) is 4.42. The van der Waals surface area contributed by atoms with Gasteiger partial charge >= 0.3 is 12.1 Å². The van der Waals surface area contributed by atoms with Crippen molar-refractivity contribution in [2.45, 2.75) is 12.6 Å². The molecule has 1 fully saturated rings. The van der Waals surface area contributed by atoms with E-state index in [4.69, 9.17) is 5.11 Å². The second-order valence-corrected chi connectivity index (χ2v) is 3.60. The van der Waals surface area contributed by atoms with Gasteiger partial charge in [0, 0.05) is 13.1 Å². The topological polar surface area (TPSA) is 40.5 Å². The van der Waals surface area contributed by atoms with Crippen LogP contribution in [-0.4, -0.2) is 48.5 Å². The highest BCUT2D eigenvalue weighted by molar-refractivity contribution is 5.76. The number of likely N-dealkylation sites (tertiary alicyclic amines) is 1. The molecule has 0 aromatic rings. The third-order valence-electron chi connectivity index (χ3n) is 2.70. The maximum Gasteiger partial charge on any atom is 0.406 e. The number of alkyl halides is 4. The molecule has 7 heteroatoms.